The van der Waals surface area contributed by atoms with Crippen molar-refractivity contribution in [2.24, 2.45) is 0 Å². The van der Waals surface area contributed by atoms with Gasteiger partial charge in [0.15, 0.2) is 11.2 Å². The summed E-state index contributed by atoms with van der Waals surface area (Å²) in [6.45, 7) is 1.69. The van der Waals surface area contributed by atoms with Crippen LogP contribution in [0.5, 0.6) is 0 Å². The van der Waals surface area contributed by atoms with E-state index in [4.69, 9.17) is 9.47 Å². The summed E-state index contributed by atoms with van der Waals surface area (Å²) < 4.78 is 9.78. The number of fused-ring (bicyclic) bond motifs is 1. The lowest BCUT2D eigenvalue weighted by atomic mass is 9.81. The summed E-state index contributed by atoms with van der Waals surface area (Å²) in [6, 6.07) is 0. The SMILES string of the molecule is C[C@]1(O)C(=O)O[C@@H]2OCCC[C@@]21O. The van der Waals surface area contributed by atoms with Crippen LogP contribution in [0.4, 0.5) is 0 Å². The Morgan fingerprint density at radius 2 is 2.23 bits per heavy atom. The Balaban J connectivity index is 2.36. The van der Waals surface area contributed by atoms with Gasteiger partial charge in [0.05, 0.1) is 6.61 Å². The van der Waals surface area contributed by atoms with Crippen LogP contribution in [0.3, 0.4) is 0 Å². The van der Waals surface area contributed by atoms with Crippen molar-refractivity contribution >= 4 is 5.97 Å². The molecule has 2 rings (SSSR count). The molecular weight excluding hydrogens is 176 g/mol. The summed E-state index contributed by atoms with van der Waals surface area (Å²) in [7, 11) is 0. The first-order valence-corrected chi connectivity index (χ1v) is 4.26. The zero-order chi connectivity index (χ0) is 9.69. The maximum atomic E-state index is 11.2. The van der Waals surface area contributed by atoms with Crippen LogP contribution in [0.15, 0.2) is 0 Å². The van der Waals surface area contributed by atoms with Gasteiger partial charge in [-0.25, -0.2) is 4.79 Å². The Labute approximate surface area is 75.3 Å². The summed E-state index contributed by atoms with van der Waals surface area (Å²) in [4.78, 5) is 11.2. The van der Waals surface area contributed by atoms with Crippen LogP contribution in [0.25, 0.3) is 0 Å². The number of hydrogen-bond donors (Lipinski definition) is 2. The average Bonchev–Trinajstić information content (AvgIpc) is 2.24. The maximum absolute atomic E-state index is 11.2. The normalized spacial score (nSPS) is 50.1. The monoisotopic (exact) mass is 188 g/mol. The van der Waals surface area contributed by atoms with Gasteiger partial charge in [-0.2, -0.15) is 0 Å². The predicted molar refractivity (Wildman–Crippen MR) is 40.6 cm³/mol. The van der Waals surface area contributed by atoms with Crippen LogP contribution in [0.1, 0.15) is 19.8 Å². The highest BCUT2D eigenvalue weighted by Crippen LogP contribution is 2.42. The topological polar surface area (TPSA) is 76.0 Å². The second-order valence-corrected chi connectivity index (χ2v) is 3.71. The van der Waals surface area contributed by atoms with E-state index in [9.17, 15) is 15.0 Å². The van der Waals surface area contributed by atoms with E-state index in [0.717, 1.165) is 0 Å². The van der Waals surface area contributed by atoms with E-state index in [1.54, 1.807) is 0 Å². The highest BCUT2D eigenvalue weighted by Gasteiger charge is 2.66. The standard InChI is InChI=1S/C8H12O5/c1-7(10)5(9)13-6-8(7,11)3-2-4-12-6/h6,10-11H,2-4H2,1H3/t6-,7-,8+/m0/s1. The summed E-state index contributed by atoms with van der Waals surface area (Å²) in [6.07, 6.45) is -0.0836. The van der Waals surface area contributed by atoms with Crippen molar-refractivity contribution in [3.8, 4) is 0 Å². The molecule has 0 aromatic rings. The molecule has 0 aliphatic carbocycles. The quantitative estimate of drug-likeness (QED) is 0.485. The number of carbonyl (C=O) groups is 1. The molecule has 0 radical (unpaired) electrons. The van der Waals surface area contributed by atoms with Gasteiger partial charge < -0.3 is 19.7 Å². The maximum Gasteiger partial charge on any atom is 0.343 e. The molecule has 0 bridgehead atoms. The first-order chi connectivity index (χ1) is 5.98. The second-order valence-electron chi connectivity index (χ2n) is 3.71. The highest BCUT2D eigenvalue weighted by atomic mass is 16.7. The van der Waals surface area contributed by atoms with E-state index < -0.39 is 23.5 Å². The molecule has 2 saturated heterocycles. The molecule has 5 nitrogen and oxygen atoms in total. The number of rotatable bonds is 0. The molecule has 13 heavy (non-hydrogen) atoms. The third-order valence-corrected chi connectivity index (χ3v) is 2.82. The molecule has 2 N–H and O–H groups in total. The van der Waals surface area contributed by atoms with Gasteiger partial charge in [-0.1, -0.05) is 0 Å². The largest absolute Gasteiger partial charge is 0.430 e. The minimum Gasteiger partial charge on any atom is -0.430 e. The van der Waals surface area contributed by atoms with Crippen molar-refractivity contribution in [1.29, 1.82) is 0 Å². The molecule has 5 heteroatoms. The minimum atomic E-state index is -1.85. The molecule has 0 aromatic carbocycles. The van der Waals surface area contributed by atoms with Gasteiger partial charge in [0, 0.05) is 0 Å². The van der Waals surface area contributed by atoms with Crippen LogP contribution >= 0.6 is 0 Å². The third-order valence-electron chi connectivity index (χ3n) is 2.82. The number of esters is 1. The lowest BCUT2D eigenvalue weighted by molar-refractivity contribution is -0.238. The molecule has 2 heterocycles. The number of carbonyl (C=O) groups excluding carboxylic acids is 1. The molecule has 0 unspecified atom stereocenters. The Kier molecular flexibility index (Phi) is 1.67. The van der Waals surface area contributed by atoms with Crippen LogP contribution in [-0.2, 0) is 14.3 Å². The third kappa shape index (κ3) is 0.948. The lowest BCUT2D eigenvalue weighted by Crippen LogP contribution is -2.58. The summed E-state index contributed by atoms with van der Waals surface area (Å²) in [5.74, 6) is -0.818. The number of ether oxygens (including phenoxy) is 2. The fraction of sp³-hybridized carbons (Fsp3) is 0.875. The van der Waals surface area contributed by atoms with Crippen LogP contribution in [0.2, 0.25) is 0 Å². The molecule has 0 amide bonds. The van der Waals surface area contributed by atoms with Gasteiger partial charge in [0.1, 0.15) is 0 Å². The van der Waals surface area contributed by atoms with Crippen LogP contribution < -0.4 is 0 Å². The van der Waals surface area contributed by atoms with Crippen molar-refractivity contribution in [3.63, 3.8) is 0 Å². The van der Waals surface area contributed by atoms with Gasteiger partial charge in [0.2, 0.25) is 6.29 Å². The van der Waals surface area contributed by atoms with Crippen LogP contribution in [0, 0.1) is 0 Å². The molecule has 0 saturated carbocycles. The van der Waals surface area contributed by atoms with E-state index in [2.05, 4.69) is 0 Å². The minimum absolute atomic E-state index is 0.316. The summed E-state index contributed by atoms with van der Waals surface area (Å²) in [5, 5.41) is 19.7. The van der Waals surface area contributed by atoms with Crippen molar-refractivity contribution in [1.82, 2.24) is 0 Å². The Morgan fingerprint density at radius 1 is 1.54 bits per heavy atom. The van der Waals surface area contributed by atoms with Crippen molar-refractivity contribution < 1.29 is 24.5 Å². The summed E-state index contributed by atoms with van der Waals surface area (Å²) >= 11 is 0. The Morgan fingerprint density at radius 3 is 2.85 bits per heavy atom. The van der Waals surface area contributed by atoms with E-state index >= 15 is 0 Å². The van der Waals surface area contributed by atoms with Gasteiger partial charge in [-0.3, -0.25) is 0 Å². The Bertz CT molecular complexity index is 249. The van der Waals surface area contributed by atoms with Crippen molar-refractivity contribution in [2.75, 3.05) is 6.61 Å². The van der Waals surface area contributed by atoms with E-state index in [-0.39, 0.29) is 0 Å². The first-order valence-electron chi connectivity index (χ1n) is 4.26. The molecular formula is C8H12O5. The fourth-order valence-electron chi connectivity index (χ4n) is 1.78. The summed E-state index contributed by atoms with van der Waals surface area (Å²) in [5.41, 5.74) is -3.43. The van der Waals surface area contributed by atoms with Gasteiger partial charge in [-0.15, -0.1) is 0 Å². The van der Waals surface area contributed by atoms with Gasteiger partial charge >= 0.3 is 5.97 Å². The zero-order valence-electron chi connectivity index (χ0n) is 7.32. The lowest BCUT2D eigenvalue weighted by Gasteiger charge is -2.36. The van der Waals surface area contributed by atoms with Crippen LogP contribution in [-0.4, -0.2) is 40.3 Å². The molecule has 3 atom stereocenters. The molecule has 0 spiro atoms. The second kappa shape index (κ2) is 2.43. The van der Waals surface area contributed by atoms with Crippen molar-refractivity contribution in [2.45, 2.75) is 37.3 Å². The van der Waals surface area contributed by atoms with Gasteiger partial charge in [-0.05, 0) is 19.8 Å². The average molecular weight is 188 g/mol. The molecule has 0 aromatic heterocycles. The molecule has 2 aliphatic rings. The van der Waals surface area contributed by atoms with E-state index in [1.165, 1.54) is 6.92 Å². The van der Waals surface area contributed by atoms with Crippen molar-refractivity contribution in [3.05, 3.63) is 0 Å². The molecule has 74 valence electrons. The predicted octanol–water partition coefficient (Wildman–Crippen LogP) is -0.838. The first kappa shape index (κ1) is 8.93. The molecule has 2 fully saturated rings. The fourth-order valence-corrected chi connectivity index (χ4v) is 1.78. The van der Waals surface area contributed by atoms with Gasteiger partial charge in [0.25, 0.3) is 0 Å². The highest BCUT2D eigenvalue weighted by molar-refractivity contribution is 5.83. The zero-order valence-corrected chi connectivity index (χ0v) is 7.32. The Hall–Kier alpha value is -0.650. The van der Waals surface area contributed by atoms with E-state index in [0.29, 0.717) is 19.4 Å². The number of aliphatic hydroxyl groups is 2. The smallest absolute Gasteiger partial charge is 0.343 e. The molecule has 2 aliphatic heterocycles. The number of hydrogen-bond acceptors (Lipinski definition) is 5. The van der Waals surface area contributed by atoms with E-state index in [1.807, 2.05) is 0 Å².